The number of ketones is 1. The molecule has 2 amide bonds. The Morgan fingerprint density at radius 3 is 2.50 bits per heavy atom. The van der Waals surface area contributed by atoms with Gasteiger partial charge in [-0.3, -0.25) is 9.69 Å². The summed E-state index contributed by atoms with van der Waals surface area (Å²) in [4.78, 5) is 34.2. The molecule has 1 aromatic heterocycles. The molecule has 0 spiro atoms. The van der Waals surface area contributed by atoms with Crippen LogP contribution < -0.4 is 9.80 Å². The Bertz CT molecular complexity index is 974. The lowest BCUT2D eigenvalue weighted by Crippen LogP contribution is -2.41. The van der Waals surface area contributed by atoms with Crippen molar-refractivity contribution < 1.29 is 22.8 Å². The maximum absolute atomic E-state index is 13.1. The van der Waals surface area contributed by atoms with Crippen molar-refractivity contribution in [2.45, 2.75) is 32.5 Å². The predicted molar refractivity (Wildman–Crippen MR) is 117 cm³/mol. The number of nitrogens with zero attached hydrogens (tertiary/aromatic N) is 4. The molecule has 9 heteroatoms. The summed E-state index contributed by atoms with van der Waals surface area (Å²) in [7, 11) is 3.84. The van der Waals surface area contributed by atoms with Crippen LogP contribution in [0.15, 0.2) is 42.6 Å². The molecule has 0 saturated carbocycles. The fraction of sp³-hybridized carbons (Fsp3) is 0.435. The van der Waals surface area contributed by atoms with Gasteiger partial charge in [-0.2, -0.15) is 13.2 Å². The fourth-order valence-corrected chi connectivity index (χ4v) is 3.76. The smallest absolute Gasteiger partial charge is 0.378 e. The van der Waals surface area contributed by atoms with E-state index in [0.717, 1.165) is 23.5 Å². The number of Topliss-reactive ketones (excluding diaryl/α,β-unsaturated/α-hetero) is 1. The molecule has 0 unspecified atom stereocenters. The van der Waals surface area contributed by atoms with Gasteiger partial charge in [0.25, 0.3) is 0 Å². The Morgan fingerprint density at radius 2 is 1.94 bits per heavy atom. The van der Waals surface area contributed by atoms with Gasteiger partial charge in [0.2, 0.25) is 0 Å². The number of benzene rings is 1. The third-order valence-electron chi connectivity index (χ3n) is 5.54. The minimum atomic E-state index is -4.55. The Kier molecular flexibility index (Phi) is 6.76. The zero-order chi connectivity index (χ0) is 23.6. The van der Waals surface area contributed by atoms with Gasteiger partial charge in [0.15, 0.2) is 5.78 Å². The molecule has 32 heavy (non-hydrogen) atoms. The number of pyridine rings is 1. The van der Waals surface area contributed by atoms with Gasteiger partial charge in [-0.25, -0.2) is 9.78 Å². The molecule has 1 aliphatic heterocycles. The molecule has 0 bridgehead atoms. The average molecular weight is 448 g/mol. The first-order valence-electron chi connectivity index (χ1n) is 10.4. The third-order valence-corrected chi connectivity index (χ3v) is 5.54. The van der Waals surface area contributed by atoms with Crippen molar-refractivity contribution in [2.24, 2.45) is 5.92 Å². The average Bonchev–Trinajstić information content (AvgIpc) is 3.04. The number of halogens is 3. The highest BCUT2D eigenvalue weighted by Crippen LogP contribution is 2.31. The lowest BCUT2D eigenvalue weighted by atomic mass is 10.0. The first-order chi connectivity index (χ1) is 15.0. The van der Waals surface area contributed by atoms with Gasteiger partial charge in [-0.05, 0) is 35.7 Å². The van der Waals surface area contributed by atoms with Crippen molar-refractivity contribution in [2.75, 3.05) is 37.0 Å². The maximum Gasteiger partial charge on any atom is 0.433 e. The molecule has 2 heterocycles. The zero-order valence-corrected chi connectivity index (χ0v) is 18.6. The highest BCUT2D eigenvalue weighted by atomic mass is 19.4. The molecule has 6 nitrogen and oxygen atoms in total. The van der Waals surface area contributed by atoms with E-state index in [4.69, 9.17) is 0 Å². The summed E-state index contributed by atoms with van der Waals surface area (Å²) in [5.41, 5.74) is 1.11. The second kappa shape index (κ2) is 9.18. The number of hydrogen-bond donors (Lipinski definition) is 0. The molecule has 1 atom stereocenters. The van der Waals surface area contributed by atoms with Crippen LogP contribution in [0.1, 0.15) is 25.1 Å². The van der Waals surface area contributed by atoms with Gasteiger partial charge in [0.05, 0.1) is 24.5 Å². The molecule has 3 rings (SSSR count). The summed E-state index contributed by atoms with van der Waals surface area (Å²) in [6.45, 7) is 4.13. The SMILES string of the molecule is CC(C)[C@H]1CN(c2ccc(C(F)(F)F)nc2)C(=O)N1CC(=O)Cc1cccc(N(C)C)c1. The van der Waals surface area contributed by atoms with Crippen LogP contribution in [0.4, 0.5) is 29.3 Å². The summed E-state index contributed by atoms with van der Waals surface area (Å²) in [5.74, 6) is -0.0384. The van der Waals surface area contributed by atoms with Crippen LogP contribution in [0.2, 0.25) is 0 Å². The van der Waals surface area contributed by atoms with E-state index in [0.29, 0.717) is 0 Å². The van der Waals surface area contributed by atoms with E-state index in [2.05, 4.69) is 4.98 Å². The van der Waals surface area contributed by atoms with E-state index in [1.165, 1.54) is 15.9 Å². The molecule has 2 aromatic rings. The van der Waals surface area contributed by atoms with Crippen molar-refractivity contribution in [3.63, 3.8) is 0 Å². The molecule has 1 aliphatic rings. The summed E-state index contributed by atoms with van der Waals surface area (Å²) < 4.78 is 38.4. The van der Waals surface area contributed by atoms with Gasteiger partial charge >= 0.3 is 12.2 Å². The highest BCUT2D eigenvalue weighted by molar-refractivity contribution is 5.97. The summed E-state index contributed by atoms with van der Waals surface area (Å²) in [5, 5.41) is 0. The number of urea groups is 1. The Labute approximate surface area is 185 Å². The number of anilines is 2. The number of amides is 2. The maximum atomic E-state index is 13.1. The first kappa shape index (κ1) is 23.6. The molecule has 0 radical (unpaired) electrons. The van der Waals surface area contributed by atoms with Gasteiger partial charge in [-0.15, -0.1) is 0 Å². The van der Waals surface area contributed by atoms with Crippen LogP contribution in [0.25, 0.3) is 0 Å². The summed E-state index contributed by atoms with van der Waals surface area (Å²) >= 11 is 0. The highest BCUT2D eigenvalue weighted by Gasteiger charge is 2.41. The third kappa shape index (κ3) is 5.20. The summed E-state index contributed by atoms with van der Waals surface area (Å²) in [6, 6.07) is 9.10. The van der Waals surface area contributed by atoms with Crippen LogP contribution in [0, 0.1) is 5.92 Å². The Hall–Kier alpha value is -3.10. The fourth-order valence-electron chi connectivity index (χ4n) is 3.76. The standard InChI is InChI=1S/C23H27F3N4O2/c1-15(2)20-14-29(18-8-9-21(27-12-18)23(24,25)26)22(32)30(20)13-19(31)11-16-6-5-7-17(10-16)28(3)4/h5-10,12,15,20H,11,13-14H2,1-4H3/t20-/m1/s1. The zero-order valence-electron chi connectivity index (χ0n) is 18.6. The van der Waals surface area contributed by atoms with E-state index in [1.807, 2.05) is 57.1 Å². The van der Waals surface area contributed by atoms with Gasteiger partial charge in [0.1, 0.15) is 5.69 Å². The lowest BCUT2D eigenvalue weighted by molar-refractivity contribution is -0.141. The summed E-state index contributed by atoms with van der Waals surface area (Å²) in [6.07, 6.45) is -3.30. The molecular weight excluding hydrogens is 421 g/mol. The predicted octanol–water partition coefficient (Wildman–Crippen LogP) is 4.24. The largest absolute Gasteiger partial charge is 0.433 e. The van der Waals surface area contributed by atoms with Crippen LogP contribution in [0.3, 0.4) is 0 Å². The number of carbonyl (C=O) groups excluding carboxylic acids is 2. The number of alkyl halides is 3. The van der Waals surface area contributed by atoms with Crippen molar-refractivity contribution >= 4 is 23.2 Å². The number of rotatable bonds is 7. The monoisotopic (exact) mass is 448 g/mol. The minimum Gasteiger partial charge on any atom is -0.378 e. The number of hydrogen-bond acceptors (Lipinski definition) is 4. The van der Waals surface area contributed by atoms with E-state index in [1.54, 1.807) is 0 Å². The van der Waals surface area contributed by atoms with Crippen LogP contribution in [-0.2, 0) is 17.4 Å². The van der Waals surface area contributed by atoms with Gasteiger partial charge in [0, 0.05) is 32.7 Å². The number of carbonyl (C=O) groups is 2. The number of aromatic nitrogens is 1. The van der Waals surface area contributed by atoms with Crippen LogP contribution in [-0.4, -0.2) is 54.9 Å². The van der Waals surface area contributed by atoms with Crippen molar-refractivity contribution in [3.8, 4) is 0 Å². The van der Waals surface area contributed by atoms with Crippen molar-refractivity contribution in [3.05, 3.63) is 53.9 Å². The Morgan fingerprint density at radius 1 is 1.22 bits per heavy atom. The molecule has 1 aromatic carbocycles. The Balaban J connectivity index is 1.75. The quantitative estimate of drug-likeness (QED) is 0.636. The molecule has 172 valence electrons. The first-order valence-corrected chi connectivity index (χ1v) is 10.4. The minimum absolute atomic E-state index is 0.0571. The lowest BCUT2D eigenvalue weighted by Gasteiger charge is -2.25. The van der Waals surface area contributed by atoms with Gasteiger partial charge < -0.3 is 9.80 Å². The molecule has 0 aliphatic carbocycles. The van der Waals surface area contributed by atoms with Crippen molar-refractivity contribution in [1.29, 1.82) is 0 Å². The topological polar surface area (TPSA) is 56.8 Å². The van der Waals surface area contributed by atoms with Crippen molar-refractivity contribution in [1.82, 2.24) is 9.88 Å². The van der Waals surface area contributed by atoms with E-state index < -0.39 is 17.9 Å². The second-order valence-electron chi connectivity index (χ2n) is 8.51. The van der Waals surface area contributed by atoms with E-state index >= 15 is 0 Å². The normalized spacial score (nSPS) is 16.8. The molecule has 1 fully saturated rings. The second-order valence-corrected chi connectivity index (χ2v) is 8.51. The molecular formula is C23H27F3N4O2. The molecule has 1 saturated heterocycles. The van der Waals surface area contributed by atoms with E-state index in [-0.39, 0.29) is 42.9 Å². The molecule has 0 N–H and O–H groups in total. The van der Waals surface area contributed by atoms with Crippen LogP contribution in [0.5, 0.6) is 0 Å². The van der Waals surface area contributed by atoms with E-state index in [9.17, 15) is 22.8 Å². The van der Waals surface area contributed by atoms with Gasteiger partial charge in [-0.1, -0.05) is 26.0 Å². The van der Waals surface area contributed by atoms with Crippen LogP contribution >= 0.6 is 0 Å².